The van der Waals surface area contributed by atoms with Crippen molar-refractivity contribution in [3.63, 3.8) is 0 Å². The van der Waals surface area contributed by atoms with Gasteiger partial charge in [0, 0.05) is 24.7 Å². The summed E-state index contributed by atoms with van der Waals surface area (Å²) in [6.45, 7) is 2.80. The summed E-state index contributed by atoms with van der Waals surface area (Å²) in [4.78, 5) is 20.6. The van der Waals surface area contributed by atoms with Crippen LogP contribution in [0.5, 0.6) is 0 Å². The first-order valence-corrected chi connectivity index (χ1v) is 12.1. The van der Waals surface area contributed by atoms with Crippen molar-refractivity contribution in [1.29, 1.82) is 5.26 Å². The molecule has 0 unspecified atom stereocenters. The van der Waals surface area contributed by atoms with Gasteiger partial charge in [-0.15, -0.1) is 0 Å². The van der Waals surface area contributed by atoms with Crippen molar-refractivity contribution >= 4 is 22.5 Å². The van der Waals surface area contributed by atoms with Crippen molar-refractivity contribution in [2.75, 3.05) is 18.4 Å². The fourth-order valence-corrected chi connectivity index (χ4v) is 5.52. The molecular weight excluding hydrogens is 408 g/mol. The van der Waals surface area contributed by atoms with Gasteiger partial charge in [0.25, 0.3) is 0 Å². The van der Waals surface area contributed by atoms with Crippen molar-refractivity contribution in [3.8, 4) is 6.07 Å². The second-order valence-corrected chi connectivity index (χ2v) is 9.54. The molecule has 0 bridgehead atoms. The van der Waals surface area contributed by atoms with Gasteiger partial charge in [-0.3, -0.25) is 14.7 Å². The standard InChI is InChI=1S/C28H30N4O/c29-19-21-8-9-23-20-32(16-11-22(23)18-21)17-14-28(12-4-1-5-13-28)27(33)31-26-10-15-30-25-7-3-2-6-24(25)26/h2-3,6-10,15,18H,1,4-5,11-14,16-17,20H2,(H,30,31,33). The molecule has 1 aliphatic heterocycles. The average molecular weight is 439 g/mol. The molecule has 2 aliphatic rings. The number of carbonyl (C=O) groups excluding carboxylic acids is 1. The first-order chi connectivity index (χ1) is 16.2. The van der Waals surface area contributed by atoms with Crippen molar-refractivity contribution in [1.82, 2.24) is 9.88 Å². The lowest BCUT2D eigenvalue weighted by atomic mass is 9.71. The Kier molecular flexibility index (Phi) is 6.11. The molecule has 1 saturated carbocycles. The number of anilines is 1. The molecule has 5 rings (SSSR count). The van der Waals surface area contributed by atoms with Crippen LogP contribution < -0.4 is 5.32 Å². The summed E-state index contributed by atoms with van der Waals surface area (Å²) >= 11 is 0. The van der Waals surface area contributed by atoms with Gasteiger partial charge in [-0.2, -0.15) is 5.26 Å². The number of nitrogens with zero attached hydrogens (tertiary/aromatic N) is 3. The largest absolute Gasteiger partial charge is 0.325 e. The van der Waals surface area contributed by atoms with E-state index in [-0.39, 0.29) is 11.3 Å². The highest BCUT2D eigenvalue weighted by Crippen LogP contribution is 2.41. The molecule has 2 heterocycles. The van der Waals surface area contributed by atoms with Gasteiger partial charge in [0.2, 0.25) is 5.91 Å². The van der Waals surface area contributed by atoms with Gasteiger partial charge in [0.15, 0.2) is 0 Å². The van der Waals surface area contributed by atoms with Crippen molar-refractivity contribution < 1.29 is 4.79 Å². The number of aromatic nitrogens is 1. The number of benzene rings is 2. The van der Waals surface area contributed by atoms with Gasteiger partial charge in [0.1, 0.15) is 0 Å². The van der Waals surface area contributed by atoms with E-state index in [1.54, 1.807) is 6.20 Å². The topological polar surface area (TPSA) is 69.0 Å². The number of hydrogen-bond donors (Lipinski definition) is 1. The predicted octanol–water partition coefficient (Wildman–Crippen LogP) is 5.44. The van der Waals surface area contributed by atoms with E-state index < -0.39 is 0 Å². The molecule has 168 valence electrons. The highest BCUT2D eigenvalue weighted by Gasteiger charge is 2.39. The number of amides is 1. The van der Waals surface area contributed by atoms with E-state index in [0.717, 1.165) is 80.3 Å². The quantitative estimate of drug-likeness (QED) is 0.576. The van der Waals surface area contributed by atoms with Crippen LogP contribution in [0, 0.1) is 16.7 Å². The number of fused-ring (bicyclic) bond motifs is 2. The predicted molar refractivity (Wildman–Crippen MR) is 131 cm³/mol. The van der Waals surface area contributed by atoms with E-state index in [9.17, 15) is 4.79 Å². The number of hydrogen-bond acceptors (Lipinski definition) is 4. The molecule has 0 radical (unpaired) electrons. The lowest BCUT2D eigenvalue weighted by Crippen LogP contribution is -2.42. The van der Waals surface area contributed by atoms with Crippen LogP contribution in [0.1, 0.15) is 55.2 Å². The Morgan fingerprint density at radius 3 is 2.79 bits per heavy atom. The van der Waals surface area contributed by atoms with E-state index >= 15 is 0 Å². The van der Waals surface area contributed by atoms with Crippen molar-refractivity contribution in [2.45, 2.75) is 51.5 Å². The summed E-state index contributed by atoms with van der Waals surface area (Å²) in [6, 6.07) is 18.2. The van der Waals surface area contributed by atoms with Crippen LogP contribution in [0.4, 0.5) is 5.69 Å². The van der Waals surface area contributed by atoms with Gasteiger partial charge in [0.05, 0.1) is 28.3 Å². The fraction of sp³-hybridized carbons (Fsp3) is 0.393. The van der Waals surface area contributed by atoms with Crippen LogP contribution in [0.15, 0.2) is 54.7 Å². The van der Waals surface area contributed by atoms with E-state index in [1.807, 2.05) is 42.5 Å². The Morgan fingerprint density at radius 1 is 1.09 bits per heavy atom. The van der Waals surface area contributed by atoms with E-state index in [1.165, 1.54) is 17.5 Å². The summed E-state index contributed by atoms with van der Waals surface area (Å²) in [7, 11) is 0. The molecule has 1 amide bonds. The number of para-hydroxylation sites is 1. The minimum atomic E-state index is -0.312. The summed E-state index contributed by atoms with van der Waals surface area (Å²) in [5.74, 6) is 0.162. The molecule has 1 fully saturated rings. The monoisotopic (exact) mass is 438 g/mol. The van der Waals surface area contributed by atoms with Crippen LogP contribution in [0.2, 0.25) is 0 Å². The number of pyridine rings is 1. The Hall–Kier alpha value is -3.23. The summed E-state index contributed by atoms with van der Waals surface area (Å²) in [5.41, 5.74) is 4.79. The van der Waals surface area contributed by atoms with Crippen molar-refractivity contribution in [2.24, 2.45) is 5.41 Å². The van der Waals surface area contributed by atoms with E-state index in [0.29, 0.717) is 0 Å². The Labute approximate surface area is 195 Å². The molecule has 3 aromatic rings. The number of carbonyl (C=O) groups is 1. The zero-order valence-corrected chi connectivity index (χ0v) is 19.0. The first kappa shape index (κ1) is 21.6. The van der Waals surface area contributed by atoms with E-state index in [4.69, 9.17) is 5.26 Å². The average Bonchev–Trinajstić information content (AvgIpc) is 2.87. The van der Waals surface area contributed by atoms with Crippen LogP contribution in [0.3, 0.4) is 0 Å². The van der Waals surface area contributed by atoms with Gasteiger partial charge < -0.3 is 5.32 Å². The highest BCUT2D eigenvalue weighted by molar-refractivity contribution is 6.03. The zero-order valence-electron chi connectivity index (χ0n) is 19.0. The summed E-state index contributed by atoms with van der Waals surface area (Å²) < 4.78 is 0. The third-order valence-corrected chi connectivity index (χ3v) is 7.52. The number of nitriles is 1. The summed E-state index contributed by atoms with van der Waals surface area (Å²) in [6.07, 6.45) is 8.98. The Morgan fingerprint density at radius 2 is 1.94 bits per heavy atom. The van der Waals surface area contributed by atoms with E-state index in [2.05, 4.69) is 27.3 Å². The highest BCUT2D eigenvalue weighted by atomic mass is 16.2. The van der Waals surface area contributed by atoms with Crippen molar-refractivity contribution in [3.05, 3.63) is 71.4 Å². The number of nitrogens with one attached hydrogen (secondary N) is 1. The van der Waals surface area contributed by atoms with Crippen LogP contribution in [-0.2, 0) is 17.8 Å². The molecule has 1 aromatic heterocycles. The summed E-state index contributed by atoms with van der Waals surface area (Å²) in [5, 5.41) is 13.4. The maximum atomic E-state index is 13.7. The zero-order chi connectivity index (χ0) is 22.7. The SMILES string of the molecule is N#Cc1ccc2c(c1)CCN(CCC1(C(=O)Nc3ccnc4ccccc34)CCCCC1)C2. The third-order valence-electron chi connectivity index (χ3n) is 7.52. The normalized spacial score (nSPS) is 17.8. The van der Waals surface area contributed by atoms with Crippen LogP contribution in [-0.4, -0.2) is 28.9 Å². The lowest BCUT2D eigenvalue weighted by Gasteiger charge is -2.38. The van der Waals surface area contributed by atoms with Gasteiger partial charge in [-0.05, 0) is 67.6 Å². The molecule has 2 aromatic carbocycles. The molecule has 5 heteroatoms. The molecule has 1 aliphatic carbocycles. The minimum absolute atomic E-state index is 0.162. The maximum Gasteiger partial charge on any atom is 0.230 e. The smallest absolute Gasteiger partial charge is 0.230 e. The molecular formula is C28H30N4O. The van der Waals surface area contributed by atoms with Gasteiger partial charge in [-0.25, -0.2) is 0 Å². The van der Waals surface area contributed by atoms with Crippen LogP contribution >= 0.6 is 0 Å². The maximum absolute atomic E-state index is 13.7. The Balaban J connectivity index is 1.30. The third kappa shape index (κ3) is 4.49. The second-order valence-electron chi connectivity index (χ2n) is 9.54. The molecule has 5 nitrogen and oxygen atoms in total. The fourth-order valence-electron chi connectivity index (χ4n) is 5.52. The lowest BCUT2D eigenvalue weighted by molar-refractivity contribution is -0.128. The minimum Gasteiger partial charge on any atom is -0.325 e. The molecule has 33 heavy (non-hydrogen) atoms. The molecule has 0 spiro atoms. The molecule has 1 N–H and O–H groups in total. The van der Waals surface area contributed by atoms with Gasteiger partial charge >= 0.3 is 0 Å². The first-order valence-electron chi connectivity index (χ1n) is 12.1. The van der Waals surface area contributed by atoms with Gasteiger partial charge in [-0.1, -0.05) is 43.5 Å². The molecule has 0 saturated heterocycles. The number of rotatable bonds is 5. The Bertz CT molecular complexity index is 1200. The van der Waals surface area contributed by atoms with Crippen LogP contribution in [0.25, 0.3) is 10.9 Å². The molecule has 0 atom stereocenters. The second kappa shape index (κ2) is 9.33.